The van der Waals surface area contributed by atoms with Gasteiger partial charge in [-0.15, -0.1) is 12.4 Å². The molecule has 0 heterocycles. The van der Waals surface area contributed by atoms with E-state index in [9.17, 15) is 14.7 Å². The molecule has 0 radical (unpaired) electrons. The molecule has 0 bridgehead atoms. The highest BCUT2D eigenvalue weighted by Crippen LogP contribution is 1.97. The Morgan fingerprint density at radius 3 is 1.88 bits per heavy atom. The van der Waals surface area contributed by atoms with Gasteiger partial charge in [-0.2, -0.15) is 0 Å². The number of aliphatic hydroxyl groups excluding tert-OH is 1. The van der Waals surface area contributed by atoms with Gasteiger partial charge in [0.15, 0.2) is 0 Å². The molecule has 104 valence electrons. The summed E-state index contributed by atoms with van der Waals surface area (Å²) in [5.41, 5.74) is 4.57. The third-order valence-corrected chi connectivity index (χ3v) is 1.34. The summed E-state index contributed by atoms with van der Waals surface area (Å²) >= 11 is 0. The fourth-order valence-corrected chi connectivity index (χ4v) is 0.889. The van der Waals surface area contributed by atoms with Crippen molar-refractivity contribution in [3.63, 3.8) is 0 Å². The van der Waals surface area contributed by atoms with E-state index in [4.69, 9.17) is 10.2 Å². The predicted molar refractivity (Wildman–Crippen MR) is 62.5 cm³/mol. The molecular weight excluding hydrogens is 252 g/mol. The summed E-state index contributed by atoms with van der Waals surface area (Å²) in [5.74, 6) is -2.17. The molecule has 0 aliphatic heterocycles. The Kier molecular flexibility index (Phi) is 12.9. The summed E-state index contributed by atoms with van der Waals surface area (Å²) in [5, 5.41) is 26.7. The number of aliphatic carboxylic acids is 2. The monoisotopic (exact) mass is 272 g/mol. The van der Waals surface area contributed by atoms with Crippen molar-refractivity contribution in [2.75, 3.05) is 34.2 Å². The molecule has 0 aromatic carbocycles. The Morgan fingerprint density at radius 1 is 1.35 bits per heavy atom. The SMILES string of the molecule is C[N+](C)(C)CC(O)CC(=O)[O-].Cl.NCC(=O)O. The maximum Gasteiger partial charge on any atom is 0.317 e. The lowest BCUT2D eigenvalue weighted by Crippen LogP contribution is -2.43. The lowest BCUT2D eigenvalue weighted by atomic mass is 10.2. The van der Waals surface area contributed by atoms with Gasteiger partial charge in [0.05, 0.1) is 27.7 Å². The van der Waals surface area contributed by atoms with Crippen molar-refractivity contribution in [2.24, 2.45) is 5.73 Å². The summed E-state index contributed by atoms with van der Waals surface area (Å²) in [6.45, 7) is 0.147. The molecule has 0 aromatic rings. The second kappa shape index (κ2) is 10.3. The van der Waals surface area contributed by atoms with Gasteiger partial charge in [0, 0.05) is 12.4 Å². The van der Waals surface area contributed by atoms with Crippen molar-refractivity contribution in [2.45, 2.75) is 12.5 Å². The van der Waals surface area contributed by atoms with Crippen LogP contribution in [-0.4, -0.2) is 67.0 Å². The second-order valence-electron chi connectivity index (χ2n) is 4.30. The number of hydrogen-bond acceptors (Lipinski definition) is 5. The van der Waals surface area contributed by atoms with Crippen molar-refractivity contribution >= 4 is 24.3 Å². The van der Waals surface area contributed by atoms with Gasteiger partial charge in [0.2, 0.25) is 0 Å². The summed E-state index contributed by atoms with van der Waals surface area (Å²) in [4.78, 5) is 19.3. The lowest BCUT2D eigenvalue weighted by Gasteiger charge is -2.26. The van der Waals surface area contributed by atoms with Gasteiger partial charge in [-0.25, -0.2) is 0 Å². The van der Waals surface area contributed by atoms with Crippen LogP contribution in [-0.2, 0) is 9.59 Å². The second-order valence-corrected chi connectivity index (χ2v) is 4.30. The van der Waals surface area contributed by atoms with Crippen LogP contribution in [0.4, 0.5) is 0 Å². The van der Waals surface area contributed by atoms with Gasteiger partial charge in [0.1, 0.15) is 12.6 Å². The minimum atomic E-state index is -1.20. The number of aliphatic hydroxyl groups is 1. The van der Waals surface area contributed by atoms with Crippen molar-refractivity contribution in [3.8, 4) is 0 Å². The normalized spacial score (nSPS) is 11.6. The highest BCUT2D eigenvalue weighted by atomic mass is 35.5. The van der Waals surface area contributed by atoms with Gasteiger partial charge in [0.25, 0.3) is 0 Å². The Labute approximate surface area is 107 Å². The number of carboxylic acid groups (broad SMARTS) is 2. The number of carbonyl (C=O) groups is 2. The molecule has 4 N–H and O–H groups in total. The first-order valence-corrected chi connectivity index (χ1v) is 4.68. The Hall–Kier alpha value is -0.890. The van der Waals surface area contributed by atoms with E-state index in [2.05, 4.69) is 5.73 Å². The van der Waals surface area contributed by atoms with E-state index >= 15 is 0 Å². The molecule has 0 rings (SSSR count). The molecule has 0 aliphatic carbocycles. The largest absolute Gasteiger partial charge is 0.550 e. The number of nitrogens with zero attached hydrogens (tertiary/aromatic N) is 1. The van der Waals surface area contributed by atoms with Gasteiger partial charge in [-0.1, -0.05) is 0 Å². The maximum absolute atomic E-state index is 10.0. The molecule has 7 nitrogen and oxygen atoms in total. The summed E-state index contributed by atoms with van der Waals surface area (Å²) < 4.78 is 0.550. The zero-order chi connectivity index (χ0) is 13.4. The van der Waals surface area contributed by atoms with Gasteiger partial charge >= 0.3 is 5.97 Å². The Bertz CT molecular complexity index is 230. The van der Waals surface area contributed by atoms with Crippen LogP contribution in [0.2, 0.25) is 0 Å². The average Bonchev–Trinajstić information content (AvgIpc) is 1.99. The first kappa shape index (κ1) is 21.4. The topological polar surface area (TPSA) is 124 Å². The molecule has 0 saturated carbocycles. The first-order valence-electron chi connectivity index (χ1n) is 4.68. The highest BCUT2D eigenvalue weighted by Gasteiger charge is 2.14. The van der Waals surface area contributed by atoms with Crippen molar-refractivity contribution in [3.05, 3.63) is 0 Å². The van der Waals surface area contributed by atoms with Crippen LogP contribution in [0.3, 0.4) is 0 Å². The molecular formula is C9H21ClN2O5. The number of carboxylic acids is 2. The minimum Gasteiger partial charge on any atom is -0.550 e. The van der Waals surface area contributed by atoms with E-state index in [1.807, 2.05) is 21.1 Å². The molecule has 1 atom stereocenters. The number of likely N-dealkylation sites (N-methyl/N-ethyl adjacent to an activating group) is 1. The van der Waals surface area contributed by atoms with E-state index in [0.717, 1.165) is 0 Å². The predicted octanol–water partition coefficient (Wildman–Crippen LogP) is -2.35. The van der Waals surface area contributed by atoms with E-state index in [-0.39, 0.29) is 25.4 Å². The van der Waals surface area contributed by atoms with Gasteiger partial charge in [-0.05, 0) is 0 Å². The molecule has 0 saturated heterocycles. The molecule has 17 heavy (non-hydrogen) atoms. The van der Waals surface area contributed by atoms with E-state index in [0.29, 0.717) is 11.0 Å². The molecule has 1 unspecified atom stereocenters. The van der Waals surface area contributed by atoms with Crippen molar-refractivity contribution in [1.29, 1.82) is 0 Å². The van der Waals surface area contributed by atoms with Gasteiger partial charge < -0.3 is 30.3 Å². The number of quaternary nitrogens is 1. The van der Waals surface area contributed by atoms with Crippen LogP contribution in [0.5, 0.6) is 0 Å². The van der Waals surface area contributed by atoms with E-state index in [1.165, 1.54) is 0 Å². The summed E-state index contributed by atoms with van der Waals surface area (Å²) in [6.07, 6.45) is -1.09. The van der Waals surface area contributed by atoms with Gasteiger partial charge in [-0.3, -0.25) is 4.79 Å². The molecule has 0 aliphatic rings. The standard InChI is InChI=1S/C7H15NO3.C2H5NO2.ClH/c1-8(2,3)5-6(9)4-7(10)11;3-1-2(4)5;/h6,9H,4-5H2,1-3H3;1,3H2,(H,4,5);1H. The number of nitrogens with two attached hydrogens (primary N) is 1. The highest BCUT2D eigenvalue weighted by molar-refractivity contribution is 5.85. The van der Waals surface area contributed by atoms with Crippen LogP contribution in [0.25, 0.3) is 0 Å². The summed E-state index contributed by atoms with van der Waals surface area (Å²) in [6, 6.07) is 0. The quantitative estimate of drug-likeness (QED) is 0.481. The third-order valence-electron chi connectivity index (χ3n) is 1.34. The molecule has 0 spiro atoms. The fourth-order valence-electron chi connectivity index (χ4n) is 0.889. The van der Waals surface area contributed by atoms with Crippen LogP contribution >= 0.6 is 12.4 Å². The zero-order valence-electron chi connectivity index (χ0n) is 10.3. The van der Waals surface area contributed by atoms with Crippen molar-refractivity contribution in [1.82, 2.24) is 0 Å². The number of hydrogen-bond donors (Lipinski definition) is 3. The smallest absolute Gasteiger partial charge is 0.317 e. The summed E-state index contributed by atoms with van der Waals surface area (Å²) in [7, 11) is 5.66. The van der Waals surface area contributed by atoms with E-state index in [1.54, 1.807) is 0 Å². The molecule has 8 heteroatoms. The van der Waals surface area contributed by atoms with Crippen LogP contribution in [0, 0.1) is 0 Å². The van der Waals surface area contributed by atoms with Crippen LogP contribution in [0.1, 0.15) is 6.42 Å². The molecule has 0 fully saturated rings. The Balaban J connectivity index is -0.000000280. The number of rotatable bonds is 5. The minimum absolute atomic E-state index is 0. The fraction of sp³-hybridized carbons (Fsp3) is 0.778. The lowest BCUT2D eigenvalue weighted by molar-refractivity contribution is -0.873. The van der Waals surface area contributed by atoms with Crippen LogP contribution in [0.15, 0.2) is 0 Å². The van der Waals surface area contributed by atoms with Crippen molar-refractivity contribution < 1.29 is 29.4 Å². The zero-order valence-corrected chi connectivity index (χ0v) is 11.1. The Morgan fingerprint density at radius 2 is 1.71 bits per heavy atom. The first-order chi connectivity index (χ1) is 7.08. The maximum atomic E-state index is 10.0. The third kappa shape index (κ3) is 25.4. The number of carbonyl (C=O) groups excluding carboxylic acids is 1. The average molecular weight is 273 g/mol. The number of halogens is 1. The molecule has 0 aromatic heterocycles. The van der Waals surface area contributed by atoms with Crippen LogP contribution < -0.4 is 10.8 Å². The molecule has 0 amide bonds. The van der Waals surface area contributed by atoms with E-state index < -0.39 is 18.0 Å².